The van der Waals surface area contributed by atoms with Crippen LogP contribution in [0.4, 0.5) is 0 Å². The van der Waals surface area contributed by atoms with Crippen LogP contribution in [0.3, 0.4) is 0 Å². The Kier molecular flexibility index (Phi) is 3.52. The van der Waals surface area contributed by atoms with E-state index in [2.05, 4.69) is 38.1 Å². The molecule has 0 radical (unpaired) electrons. The second-order valence-corrected chi connectivity index (χ2v) is 5.47. The molecular weight excluding hydrogens is 196 g/mol. The highest BCUT2D eigenvalue weighted by atomic mass is 16.5. The Bertz CT molecular complexity index is 320. The Morgan fingerprint density at radius 1 is 1.06 bits per heavy atom. The lowest BCUT2D eigenvalue weighted by atomic mass is 9.76. The average molecular weight is 218 g/mol. The lowest BCUT2D eigenvalue weighted by molar-refractivity contribution is 0.116. The van der Waals surface area contributed by atoms with Gasteiger partial charge in [-0.15, -0.1) is 0 Å². The van der Waals surface area contributed by atoms with Crippen molar-refractivity contribution in [2.45, 2.75) is 46.0 Å². The summed E-state index contributed by atoms with van der Waals surface area (Å²) in [5.74, 6) is 1.01. The maximum absolute atomic E-state index is 5.90. The van der Waals surface area contributed by atoms with Gasteiger partial charge in [0.15, 0.2) is 0 Å². The Hall–Kier alpha value is -0.980. The van der Waals surface area contributed by atoms with Crippen molar-refractivity contribution in [3.05, 3.63) is 29.8 Å². The topological polar surface area (TPSA) is 9.23 Å². The number of hydrogen-bond donors (Lipinski definition) is 0. The molecule has 0 amide bonds. The first kappa shape index (κ1) is 11.5. The second-order valence-electron chi connectivity index (χ2n) is 5.47. The number of benzene rings is 1. The van der Waals surface area contributed by atoms with E-state index < -0.39 is 0 Å². The van der Waals surface area contributed by atoms with Crippen molar-refractivity contribution in [3.63, 3.8) is 0 Å². The van der Waals surface area contributed by atoms with Crippen molar-refractivity contribution in [2.75, 3.05) is 6.61 Å². The smallest absolute Gasteiger partial charge is 0.119 e. The summed E-state index contributed by atoms with van der Waals surface area (Å²) in [6.07, 6.45) is 6.78. The van der Waals surface area contributed by atoms with Crippen LogP contribution in [0.25, 0.3) is 0 Å². The molecule has 0 aromatic heterocycles. The summed E-state index contributed by atoms with van der Waals surface area (Å²) in [5.41, 5.74) is 1.69. The SMILES string of the molecule is Cc1ccc(OCC2(C)CCCCC2)cc1. The lowest BCUT2D eigenvalue weighted by Crippen LogP contribution is -2.27. The second kappa shape index (κ2) is 4.90. The van der Waals surface area contributed by atoms with Gasteiger partial charge >= 0.3 is 0 Å². The predicted molar refractivity (Wildman–Crippen MR) is 67.9 cm³/mol. The van der Waals surface area contributed by atoms with Crippen molar-refractivity contribution in [3.8, 4) is 5.75 Å². The van der Waals surface area contributed by atoms with Gasteiger partial charge in [0.25, 0.3) is 0 Å². The predicted octanol–water partition coefficient (Wildman–Crippen LogP) is 4.34. The van der Waals surface area contributed by atoms with Gasteiger partial charge in [0.1, 0.15) is 5.75 Å². The van der Waals surface area contributed by atoms with Crippen molar-refractivity contribution in [2.24, 2.45) is 5.41 Å². The molecule has 2 rings (SSSR count). The average Bonchev–Trinajstić information content (AvgIpc) is 2.29. The molecule has 1 heteroatoms. The van der Waals surface area contributed by atoms with Gasteiger partial charge in [0, 0.05) is 5.41 Å². The summed E-state index contributed by atoms with van der Waals surface area (Å²) in [4.78, 5) is 0. The first-order valence-electron chi connectivity index (χ1n) is 6.37. The Morgan fingerprint density at radius 2 is 1.69 bits per heavy atom. The van der Waals surface area contributed by atoms with Gasteiger partial charge in [0.2, 0.25) is 0 Å². The van der Waals surface area contributed by atoms with Gasteiger partial charge in [-0.1, -0.05) is 43.9 Å². The van der Waals surface area contributed by atoms with E-state index in [1.807, 2.05) is 0 Å². The van der Waals surface area contributed by atoms with E-state index in [1.165, 1.54) is 37.7 Å². The number of ether oxygens (including phenoxy) is 1. The van der Waals surface area contributed by atoms with E-state index in [-0.39, 0.29) is 0 Å². The Labute approximate surface area is 98.8 Å². The largest absolute Gasteiger partial charge is 0.493 e. The van der Waals surface area contributed by atoms with Crippen LogP contribution in [-0.4, -0.2) is 6.61 Å². The summed E-state index contributed by atoms with van der Waals surface area (Å²) in [7, 11) is 0. The molecule has 1 fully saturated rings. The summed E-state index contributed by atoms with van der Waals surface area (Å²) < 4.78 is 5.90. The van der Waals surface area contributed by atoms with Gasteiger partial charge < -0.3 is 4.74 Å². The summed E-state index contributed by atoms with van der Waals surface area (Å²) >= 11 is 0. The third kappa shape index (κ3) is 3.01. The fourth-order valence-electron chi connectivity index (χ4n) is 2.44. The van der Waals surface area contributed by atoms with Crippen molar-refractivity contribution in [1.82, 2.24) is 0 Å². The minimum Gasteiger partial charge on any atom is -0.493 e. The number of rotatable bonds is 3. The molecule has 0 bridgehead atoms. The molecule has 1 aromatic rings. The van der Waals surface area contributed by atoms with E-state index in [4.69, 9.17) is 4.74 Å². The Balaban J connectivity index is 1.88. The Morgan fingerprint density at radius 3 is 2.31 bits per heavy atom. The fraction of sp³-hybridized carbons (Fsp3) is 0.600. The normalized spacial score (nSPS) is 19.4. The fourth-order valence-corrected chi connectivity index (χ4v) is 2.44. The van der Waals surface area contributed by atoms with Crippen LogP contribution in [0.5, 0.6) is 5.75 Å². The van der Waals surface area contributed by atoms with Crippen LogP contribution in [0, 0.1) is 12.3 Å². The molecular formula is C15H22O. The summed E-state index contributed by atoms with van der Waals surface area (Å²) in [6.45, 7) is 5.34. The highest BCUT2D eigenvalue weighted by Gasteiger charge is 2.27. The van der Waals surface area contributed by atoms with Crippen molar-refractivity contribution in [1.29, 1.82) is 0 Å². The maximum atomic E-state index is 5.90. The number of aryl methyl sites for hydroxylation is 1. The van der Waals surface area contributed by atoms with Crippen molar-refractivity contribution >= 4 is 0 Å². The van der Waals surface area contributed by atoms with Crippen LogP contribution < -0.4 is 4.74 Å². The van der Waals surface area contributed by atoms with E-state index in [1.54, 1.807) is 0 Å². The lowest BCUT2D eigenvalue weighted by Gasteiger charge is -2.33. The highest BCUT2D eigenvalue weighted by Crippen LogP contribution is 2.36. The molecule has 1 aliphatic carbocycles. The van der Waals surface area contributed by atoms with Crippen molar-refractivity contribution < 1.29 is 4.74 Å². The molecule has 0 atom stereocenters. The molecule has 88 valence electrons. The van der Waals surface area contributed by atoms with Crippen LogP contribution in [0.1, 0.15) is 44.6 Å². The van der Waals surface area contributed by atoms with Crippen LogP contribution >= 0.6 is 0 Å². The van der Waals surface area contributed by atoms with Crippen LogP contribution in [0.2, 0.25) is 0 Å². The van der Waals surface area contributed by atoms with E-state index >= 15 is 0 Å². The maximum Gasteiger partial charge on any atom is 0.119 e. The quantitative estimate of drug-likeness (QED) is 0.733. The summed E-state index contributed by atoms with van der Waals surface area (Å²) in [5, 5.41) is 0. The highest BCUT2D eigenvalue weighted by molar-refractivity contribution is 5.26. The molecule has 1 aliphatic rings. The molecule has 16 heavy (non-hydrogen) atoms. The van der Waals surface area contributed by atoms with Gasteiger partial charge in [-0.25, -0.2) is 0 Å². The number of hydrogen-bond acceptors (Lipinski definition) is 1. The molecule has 0 saturated heterocycles. The molecule has 1 nitrogen and oxygen atoms in total. The van der Waals surface area contributed by atoms with Gasteiger partial charge in [-0.3, -0.25) is 0 Å². The molecule has 1 saturated carbocycles. The van der Waals surface area contributed by atoms with Gasteiger partial charge in [-0.05, 0) is 31.9 Å². The monoisotopic (exact) mass is 218 g/mol. The first-order valence-corrected chi connectivity index (χ1v) is 6.37. The zero-order valence-corrected chi connectivity index (χ0v) is 10.5. The molecule has 0 N–H and O–H groups in total. The van der Waals surface area contributed by atoms with Crippen LogP contribution in [-0.2, 0) is 0 Å². The first-order chi connectivity index (χ1) is 7.68. The molecule has 0 unspecified atom stereocenters. The summed E-state index contributed by atoms with van der Waals surface area (Å²) in [6, 6.07) is 8.36. The van der Waals surface area contributed by atoms with E-state index in [9.17, 15) is 0 Å². The standard InChI is InChI=1S/C15H22O/c1-13-6-8-14(9-7-13)16-12-15(2)10-4-3-5-11-15/h6-9H,3-5,10-12H2,1-2H3. The zero-order valence-electron chi connectivity index (χ0n) is 10.5. The van der Waals surface area contributed by atoms with E-state index in [0.717, 1.165) is 12.4 Å². The third-order valence-electron chi connectivity index (χ3n) is 3.67. The third-order valence-corrected chi connectivity index (χ3v) is 3.67. The van der Waals surface area contributed by atoms with Crippen LogP contribution in [0.15, 0.2) is 24.3 Å². The van der Waals surface area contributed by atoms with Gasteiger partial charge in [-0.2, -0.15) is 0 Å². The minimum absolute atomic E-state index is 0.406. The molecule has 0 spiro atoms. The zero-order chi connectivity index (χ0) is 11.4. The van der Waals surface area contributed by atoms with E-state index in [0.29, 0.717) is 5.41 Å². The molecule has 0 heterocycles. The molecule has 1 aromatic carbocycles. The minimum atomic E-state index is 0.406. The molecule has 0 aliphatic heterocycles. The van der Waals surface area contributed by atoms with Gasteiger partial charge in [0.05, 0.1) is 6.61 Å².